The Bertz CT molecular complexity index is 531. The predicted octanol–water partition coefficient (Wildman–Crippen LogP) is 3.47. The molecule has 0 aromatic heterocycles. The van der Waals surface area contributed by atoms with Gasteiger partial charge < -0.3 is 15.2 Å². The van der Waals surface area contributed by atoms with E-state index in [1.807, 2.05) is 0 Å². The fraction of sp³-hybridized carbons (Fsp3) is 0.400. The average molecular weight is 322 g/mol. The molecule has 1 aliphatic rings. The normalized spacial score (nSPS) is 23.8. The van der Waals surface area contributed by atoms with Crippen LogP contribution in [0.4, 0.5) is 32.0 Å². The van der Waals surface area contributed by atoms with Crippen molar-refractivity contribution in [3.8, 4) is 11.5 Å². The van der Waals surface area contributed by atoms with Gasteiger partial charge in [0.25, 0.3) is 0 Å². The van der Waals surface area contributed by atoms with Crippen molar-refractivity contribution in [3.63, 3.8) is 0 Å². The SMILES string of the molecule is Nc1ccc2c(c1)OC(C(Cl)C(F)(F)F)(C(F)(F)F)O2. The second kappa shape index (κ2) is 4.24. The molecule has 0 radical (unpaired) electrons. The largest absolute Gasteiger partial charge is 0.470 e. The van der Waals surface area contributed by atoms with Crippen LogP contribution >= 0.6 is 11.6 Å². The molecule has 1 aromatic carbocycles. The molecule has 2 N–H and O–H groups in total. The molecular weight excluding hydrogens is 316 g/mol. The molecule has 0 saturated heterocycles. The minimum atomic E-state index is -5.51. The number of anilines is 1. The highest BCUT2D eigenvalue weighted by atomic mass is 35.5. The molecule has 112 valence electrons. The first-order valence-electron chi connectivity index (χ1n) is 5.02. The molecule has 0 saturated carbocycles. The van der Waals surface area contributed by atoms with Crippen LogP contribution in [0.25, 0.3) is 0 Å². The van der Waals surface area contributed by atoms with Crippen molar-refractivity contribution in [3.05, 3.63) is 18.2 Å². The standard InChI is InChI=1S/C10H6ClF6NO2/c11-7(9(12,13)14)8(10(15,16)17)19-5-2-1-4(18)3-6(5)20-8/h1-3,7H,18H2. The summed E-state index contributed by atoms with van der Waals surface area (Å²) in [5, 5.41) is -3.44. The summed E-state index contributed by atoms with van der Waals surface area (Å²) in [7, 11) is 0. The Morgan fingerprint density at radius 3 is 2.10 bits per heavy atom. The second-order valence-corrected chi connectivity index (χ2v) is 4.42. The summed E-state index contributed by atoms with van der Waals surface area (Å²) in [6.45, 7) is 0. The molecule has 0 bridgehead atoms. The van der Waals surface area contributed by atoms with Crippen LogP contribution in [-0.2, 0) is 0 Å². The molecule has 1 heterocycles. The van der Waals surface area contributed by atoms with E-state index in [0.29, 0.717) is 0 Å². The van der Waals surface area contributed by atoms with Crippen LogP contribution in [0.1, 0.15) is 0 Å². The summed E-state index contributed by atoms with van der Waals surface area (Å²) in [4.78, 5) is 0. The number of hydrogen-bond acceptors (Lipinski definition) is 3. The van der Waals surface area contributed by atoms with Gasteiger partial charge in [0, 0.05) is 11.8 Å². The van der Waals surface area contributed by atoms with Crippen molar-refractivity contribution >= 4 is 17.3 Å². The van der Waals surface area contributed by atoms with E-state index in [2.05, 4.69) is 9.47 Å². The topological polar surface area (TPSA) is 44.5 Å². The molecule has 20 heavy (non-hydrogen) atoms. The Morgan fingerprint density at radius 1 is 1.05 bits per heavy atom. The molecule has 1 aliphatic heterocycles. The molecule has 2 unspecified atom stereocenters. The number of nitrogen functional groups attached to an aromatic ring is 1. The van der Waals surface area contributed by atoms with Crippen molar-refractivity contribution in [1.29, 1.82) is 0 Å². The average Bonchev–Trinajstić information content (AvgIpc) is 2.65. The van der Waals surface area contributed by atoms with Gasteiger partial charge in [-0.3, -0.25) is 0 Å². The van der Waals surface area contributed by atoms with E-state index < -0.39 is 35.0 Å². The third kappa shape index (κ3) is 2.19. The summed E-state index contributed by atoms with van der Waals surface area (Å²) in [6, 6.07) is 3.05. The van der Waals surface area contributed by atoms with E-state index >= 15 is 0 Å². The lowest BCUT2D eigenvalue weighted by molar-refractivity contribution is -0.334. The van der Waals surface area contributed by atoms with Gasteiger partial charge in [-0.05, 0) is 12.1 Å². The highest BCUT2D eigenvalue weighted by Crippen LogP contribution is 2.52. The van der Waals surface area contributed by atoms with Gasteiger partial charge in [0.1, 0.15) is 0 Å². The van der Waals surface area contributed by atoms with Crippen molar-refractivity contribution in [2.45, 2.75) is 23.5 Å². The summed E-state index contributed by atoms with van der Waals surface area (Å²) >= 11 is 4.91. The zero-order valence-corrected chi connectivity index (χ0v) is 10.1. The quantitative estimate of drug-likeness (QED) is 0.489. The van der Waals surface area contributed by atoms with Crippen LogP contribution in [0.2, 0.25) is 0 Å². The van der Waals surface area contributed by atoms with Crippen LogP contribution in [-0.4, -0.2) is 23.5 Å². The van der Waals surface area contributed by atoms with Gasteiger partial charge in [-0.15, -0.1) is 11.6 Å². The van der Waals surface area contributed by atoms with E-state index in [1.165, 1.54) is 0 Å². The number of hydrogen-bond donors (Lipinski definition) is 1. The molecule has 2 rings (SSSR count). The van der Waals surface area contributed by atoms with Gasteiger partial charge in [-0.2, -0.15) is 26.3 Å². The second-order valence-electron chi connectivity index (χ2n) is 3.98. The van der Waals surface area contributed by atoms with Gasteiger partial charge in [-0.25, -0.2) is 0 Å². The van der Waals surface area contributed by atoms with E-state index in [-0.39, 0.29) is 5.69 Å². The lowest BCUT2D eigenvalue weighted by Crippen LogP contribution is -2.63. The summed E-state index contributed by atoms with van der Waals surface area (Å²) in [5.41, 5.74) is 5.32. The van der Waals surface area contributed by atoms with Gasteiger partial charge in [0.15, 0.2) is 11.5 Å². The van der Waals surface area contributed by atoms with E-state index in [0.717, 1.165) is 18.2 Å². The maximum Gasteiger partial charge on any atom is 0.470 e. The number of alkyl halides is 7. The highest BCUT2D eigenvalue weighted by Gasteiger charge is 2.74. The van der Waals surface area contributed by atoms with Crippen LogP contribution in [0.15, 0.2) is 18.2 Å². The van der Waals surface area contributed by atoms with Crippen molar-refractivity contribution < 1.29 is 35.8 Å². The Morgan fingerprint density at radius 2 is 1.60 bits per heavy atom. The number of nitrogens with two attached hydrogens (primary N) is 1. The number of rotatable bonds is 1. The summed E-state index contributed by atoms with van der Waals surface area (Å²) in [6.07, 6.45) is -10.9. The Kier molecular flexibility index (Phi) is 3.16. The Hall–Kier alpha value is -1.51. The highest BCUT2D eigenvalue weighted by molar-refractivity contribution is 6.22. The maximum atomic E-state index is 13.0. The van der Waals surface area contributed by atoms with E-state index in [1.54, 1.807) is 0 Å². The van der Waals surface area contributed by atoms with Gasteiger partial charge in [-0.1, -0.05) is 0 Å². The maximum absolute atomic E-state index is 13.0. The lowest BCUT2D eigenvalue weighted by atomic mass is 10.1. The summed E-state index contributed by atoms with van der Waals surface area (Å²) in [5.74, 6) is -5.12. The van der Waals surface area contributed by atoms with Gasteiger partial charge >= 0.3 is 18.1 Å². The smallest absolute Gasteiger partial charge is 0.439 e. The molecule has 0 spiro atoms. The molecule has 0 amide bonds. The Balaban J connectivity index is 2.49. The molecule has 0 fully saturated rings. The molecule has 1 aromatic rings. The predicted molar refractivity (Wildman–Crippen MR) is 56.6 cm³/mol. The zero-order chi connectivity index (χ0) is 15.3. The van der Waals surface area contributed by atoms with Crippen LogP contribution in [0.3, 0.4) is 0 Å². The van der Waals surface area contributed by atoms with E-state index in [4.69, 9.17) is 17.3 Å². The number of halogens is 7. The summed E-state index contributed by atoms with van der Waals surface area (Å²) < 4.78 is 85.4. The Labute approximate surface area is 113 Å². The van der Waals surface area contributed by atoms with E-state index in [9.17, 15) is 26.3 Å². The molecule has 3 nitrogen and oxygen atoms in total. The molecule has 10 heteroatoms. The van der Waals surface area contributed by atoms with Crippen LogP contribution in [0, 0.1) is 0 Å². The number of ether oxygens (including phenoxy) is 2. The van der Waals surface area contributed by atoms with Crippen molar-refractivity contribution in [2.24, 2.45) is 0 Å². The minimum absolute atomic E-state index is 0.00320. The zero-order valence-electron chi connectivity index (χ0n) is 9.35. The van der Waals surface area contributed by atoms with Gasteiger partial charge in [0.05, 0.1) is 0 Å². The van der Waals surface area contributed by atoms with Gasteiger partial charge in [0.2, 0.25) is 5.38 Å². The first kappa shape index (κ1) is 14.9. The molecule has 2 atom stereocenters. The lowest BCUT2D eigenvalue weighted by Gasteiger charge is -2.33. The fourth-order valence-electron chi connectivity index (χ4n) is 1.61. The first-order valence-corrected chi connectivity index (χ1v) is 5.46. The minimum Gasteiger partial charge on any atom is -0.439 e. The molecular formula is C10H6ClF6NO2. The molecule has 0 aliphatic carbocycles. The third-order valence-corrected chi connectivity index (χ3v) is 3.04. The van der Waals surface area contributed by atoms with Crippen molar-refractivity contribution in [2.75, 3.05) is 5.73 Å². The third-order valence-electron chi connectivity index (χ3n) is 2.51. The fourth-order valence-corrected chi connectivity index (χ4v) is 1.83. The first-order chi connectivity index (χ1) is 8.97. The number of benzene rings is 1. The monoisotopic (exact) mass is 321 g/mol. The van der Waals surface area contributed by atoms with Crippen molar-refractivity contribution in [1.82, 2.24) is 0 Å². The van der Waals surface area contributed by atoms with Crippen LogP contribution in [0.5, 0.6) is 11.5 Å². The number of fused-ring (bicyclic) bond motifs is 1. The van der Waals surface area contributed by atoms with Crippen LogP contribution < -0.4 is 15.2 Å².